The van der Waals surface area contributed by atoms with Gasteiger partial charge < -0.3 is 10.2 Å². The molecule has 5 nitrogen and oxygen atoms in total. The second kappa shape index (κ2) is 5.86. The lowest BCUT2D eigenvalue weighted by Gasteiger charge is -2.40. The maximum absolute atomic E-state index is 11.8. The summed E-state index contributed by atoms with van der Waals surface area (Å²) in [7, 11) is 0. The normalized spacial score (nSPS) is 19.5. The topological polar surface area (TPSA) is 58.1 Å². The zero-order valence-corrected chi connectivity index (χ0v) is 13.8. The number of anilines is 1. The summed E-state index contributed by atoms with van der Waals surface area (Å²) in [6.45, 7) is 9.12. The molecule has 0 spiro atoms. The molecule has 0 atom stereocenters. The van der Waals surface area contributed by atoms with Gasteiger partial charge in [-0.3, -0.25) is 4.79 Å². The second-order valence-electron chi connectivity index (χ2n) is 7.67. The molecule has 0 unspecified atom stereocenters. The van der Waals surface area contributed by atoms with Gasteiger partial charge in [-0.2, -0.15) is 5.10 Å². The number of amides is 1. The van der Waals surface area contributed by atoms with Crippen molar-refractivity contribution < 1.29 is 4.79 Å². The number of hydrogen-bond donors (Lipinski definition) is 1. The Morgan fingerprint density at radius 1 is 1.27 bits per heavy atom. The highest BCUT2D eigenvalue weighted by Gasteiger charge is 2.30. The molecule has 1 aromatic rings. The van der Waals surface area contributed by atoms with E-state index < -0.39 is 0 Å². The zero-order chi connectivity index (χ0) is 15.7. The Balaban J connectivity index is 1.43. The standard InChI is InChI=1S/C17H26N4O/c1-17(2,3)14-7-8-15(20-19-14)21-10-12(11-21)9-18-16(22)13-5-4-6-13/h7-8,12-13H,4-6,9-11H2,1-3H3,(H,18,22). The van der Waals surface area contributed by atoms with E-state index in [0.717, 1.165) is 44.0 Å². The molecule has 0 aromatic carbocycles. The summed E-state index contributed by atoms with van der Waals surface area (Å²) < 4.78 is 0. The molecular weight excluding hydrogens is 276 g/mol. The Labute approximate surface area is 132 Å². The molecule has 3 rings (SSSR count). The van der Waals surface area contributed by atoms with E-state index in [2.05, 4.69) is 53.3 Å². The molecule has 5 heteroatoms. The highest BCUT2D eigenvalue weighted by Crippen LogP contribution is 2.27. The Bertz CT molecular complexity index is 525. The maximum Gasteiger partial charge on any atom is 0.223 e. The van der Waals surface area contributed by atoms with Crippen molar-refractivity contribution in [3.8, 4) is 0 Å². The van der Waals surface area contributed by atoms with Gasteiger partial charge in [0.2, 0.25) is 5.91 Å². The van der Waals surface area contributed by atoms with Gasteiger partial charge in [-0.05, 0) is 25.0 Å². The van der Waals surface area contributed by atoms with Crippen molar-refractivity contribution >= 4 is 11.7 Å². The van der Waals surface area contributed by atoms with Crippen LogP contribution in [-0.4, -0.2) is 35.7 Å². The first-order chi connectivity index (χ1) is 10.4. The van der Waals surface area contributed by atoms with Gasteiger partial charge in [0.25, 0.3) is 0 Å². The Morgan fingerprint density at radius 2 is 2.00 bits per heavy atom. The van der Waals surface area contributed by atoms with E-state index >= 15 is 0 Å². The fraction of sp³-hybridized carbons (Fsp3) is 0.706. The van der Waals surface area contributed by atoms with Gasteiger partial charge in [0.05, 0.1) is 5.69 Å². The fourth-order valence-electron chi connectivity index (χ4n) is 2.84. The van der Waals surface area contributed by atoms with Gasteiger partial charge in [0, 0.05) is 36.9 Å². The van der Waals surface area contributed by atoms with E-state index in [-0.39, 0.29) is 17.2 Å². The summed E-state index contributed by atoms with van der Waals surface area (Å²) in [6.07, 6.45) is 3.34. The van der Waals surface area contributed by atoms with Crippen molar-refractivity contribution in [2.45, 2.75) is 45.4 Å². The van der Waals surface area contributed by atoms with E-state index in [0.29, 0.717) is 5.92 Å². The minimum Gasteiger partial charge on any atom is -0.355 e. The quantitative estimate of drug-likeness (QED) is 0.925. The molecule has 1 amide bonds. The van der Waals surface area contributed by atoms with Crippen LogP contribution in [0.2, 0.25) is 0 Å². The lowest BCUT2D eigenvalue weighted by molar-refractivity contribution is -0.127. The largest absolute Gasteiger partial charge is 0.355 e. The average molecular weight is 302 g/mol. The van der Waals surface area contributed by atoms with Crippen LogP contribution in [0.25, 0.3) is 0 Å². The minimum atomic E-state index is 0.0365. The number of rotatable bonds is 4. The Hall–Kier alpha value is -1.65. The van der Waals surface area contributed by atoms with Crippen LogP contribution < -0.4 is 10.2 Å². The van der Waals surface area contributed by atoms with E-state index in [1.807, 2.05) is 0 Å². The lowest BCUT2D eigenvalue weighted by Crippen LogP contribution is -2.52. The lowest BCUT2D eigenvalue weighted by atomic mass is 9.84. The highest BCUT2D eigenvalue weighted by molar-refractivity contribution is 5.79. The van der Waals surface area contributed by atoms with Crippen molar-refractivity contribution in [1.82, 2.24) is 15.5 Å². The third-order valence-corrected chi connectivity index (χ3v) is 4.74. The smallest absolute Gasteiger partial charge is 0.223 e. The Kier molecular flexibility index (Phi) is 4.06. The van der Waals surface area contributed by atoms with Crippen LogP contribution in [0.4, 0.5) is 5.82 Å². The van der Waals surface area contributed by atoms with Crippen molar-refractivity contribution in [2.75, 3.05) is 24.5 Å². The molecule has 2 heterocycles. The SMILES string of the molecule is CC(C)(C)c1ccc(N2CC(CNC(=O)C3CCC3)C2)nn1. The number of nitrogens with one attached hydrogen (secondary N) is 1. The molecule has 1 aliphatic carbocycles. The molecule has 120 valence electrons. The third-order valence-electron chi connectivity index (χ3n) is 4.74. The van der Waals surface area contributed by atoms with Crippen LogP contribution in [-0.2, 0) is 10.2 Å². The molecule has 2 aliphatic rings. The summed E-state index contributed by atoms with van der Waals surface area (Å²) in [6, 6.07) is 4.12. The second-order valence-corrected chi connectivity index (χ2v) is 7.67. The first kappa shape index (κ1) is 15.3. The molecular formula is C17H26N4O. The van der Waals surface area contributed by atoms with Crippen molar-refractivity contribution in [3.63, 3.8) is 0 Å². The van der Waals surface area contributed by atoms with Gasteiger partial charge in [-0.1, -0.05) is 27.2 Å². The fourth-order valence-corrected chi connectivity index (χ4v) is 2.84. The molecule has 1 aliphatic heterocycles. The summed E-state index contributed by atoms with van der Waals surface area (Å²) >= 11 is 0. The molecule has 1 N–H and O–H groups in total. The van der Waals surface area contributed by atoms with Crippen LogP contribution in [0.5, 0.6) is 0 Å². The van der Waals surface area contributed by atoms with Crippen molar-refractivity contribution in [1.29, 1.82) is 0 Å². The summed E-state index contributed by atoms with van der Waals surface area (Å²) in [5.41, 5.74) is 1.05. The number of hydrogen-bond acceptors (Lipinski definition) is 4. The first-order valence-electron chi connectivity index (χ1n) is 8.30. The van der Waals surface area contributed by atoms with Crippen LogP contribution in [0.15, 0.2) is 12.1 Å². The summed E-state index contributed by atoms with van der Waals surface area (Å²) in [5.74, 6) is 2.01. The Morgan fingerprint density at radius 3 is 2.50 bits per heavy atom. The number of carbonyl (C=O) groups is 1. The molecule has 2 fully saturated rings. The maximum atomic E-state index is 11.8. The van der Waals surface area contributed by atoms with Gasteiger partial charge in [0.15, 0.2) is 5.82 Å². The van der Waals surface area contributed by atoms with Gasteiger partial charge >= 0.3 is 0 Å². The van der Waals surface area contributed by atoms with Crippen molar-refractivity contribution in [2.24, 2.45) is 11.8 Å². The molecule has 22 heavy (non-hydrogen) atoms. The predicted molar refractivity (Wildman–Crippen MR) is 86.8 cm³/mol. The van der Waals surface area contributed by atoms with Crippen LogP contribution in [0, 0.1) is 11.8 Å². The van der Waals surface area contributed by atoms with Crippen LogP contribution in [0.3, 0.4) is 0 Å². The van der Waals surface area contributed by atoms with E-state index in [4.69, 9.17) is 0 Å². The van der Waals surface area contributed by atoms with E-state index in [1.165, 1.54) is 6.42 Å². The van der Waals surface area contributed by atoms with Gasteiger partial charge in [-0.25, -0.2) is 0 Å². The van der Waals surface area contributed by atoms with E-state index in [9.17, 15) is 4.79 Å². The molecule has 1 saturated heterocycles. The summed E-state index contributed by atoms with van der Waals surface area (Å²) in [5, 5.41) is 11.8. The minimum absolute atomic E-state index is 0.0365. The molecule has 1 aromatic heterocycles. The van der Waals surface area contributed by atoms with Gasteiger partial charge in [-0.15, -0.1) is 5.10 Å². The molecule has 1 saturated carbocycles. The number of carbonyl (C=O) groups excluding carboxylic acids is 1. The van der Waals surface area contributed by atoms with Crippen molar-refractivity contribution in [3.05, 3.63) is 17.8 Å². The summed E-state index contributed by atoms with van der Waals surface area (Å²) in [4.78, 5) is 14.0. The third kappa shape index (κ3) is 3.23. The van der Waals surface area contributed by atoms with Gasteiger partial charge in [0.1, 0.15) is 0 Å². The number of aromatic nitrogens is 2. The molecule has 0 bridgehead atoms. The van der Waals surface area contributed by atoms with Crippen LogP contribution in [0.1, 0.15) is 45.7 Å². The zero-order valence-electron chi connectivity index (χ0n) is 13.8. The highest BCUT2D eigenvalue weighted by atomic mass is 16.1. The first-order valence-corrected chi connectivity index (χ1v) is 8.30. The monoisotopic (exact) mass is 302 g/mol. The van der Waals surface area contributed by atoms with E-state index in [1.54, 1.807) is 0 Å². The average Bonchev–Trinajstić information content (AvgIpc) is 2.34. The predicted octanol–water partition coefficient (Wildman–Crippen LogP) is 2.13. The molecule has 0 radical (unpaired) electrons. The number of nitrogens with zero attached hydrogens (tertiary/aromatic N) is 3. The van der Waals surface area contributed by atoms with Crippen LogP contribution >= 0.6 is 0 Å².